The van der Waals surface area contributed by atoms with E-state index >= 15 is 0 Å². The number of amides is 1. The van der Waals surface area contributed by atoms with Crippen molar-refractivity contribution in [1.29, 1.82) is 0 Å². The summed E-state index contributed by atoms with van der Waals surface area (Å²) in [6, 6.07) is 1.44. The van der Waals surface area contributed by atoms with Gasteiger partial charge in [0.1, 0.15) is 5.76 Å². The summed E-state index contributed by atoms with van der Waals surface area (Å²) >= 11 is 1.50. The van der Waals surface area contributed by atoms with Crippen LogP contribution in [-0.4, -0.2) is 27.0 Å². The second-order valence-corrected chi connectivity index (χ2v) is 6.25. The van der Waals surface area contributed by atoms with Gasteiger partial charge in [0.2, 0.25) is 5.91 Å². The highest BCUT2D eigenvalue weighted by Crippen LogP contribution is 2.40. The zero-order valence-electron chi connectivity index (χ0n) is 12.3. The zero-order chi connectivity index (χ0) is 15.9. The average molecular weight is 320 g/mol. The van der Waals surface area contributed by atoms with E-state index in [4.69, 9.17) is 4.52 Å². The molecule has 7 heteroatoms. The fraction of sp³-hybridized carbons (Fsp3) is 0.400. The number of rotatable bonds is 4. The monoisotopic (exact) mass is 320 g/mol. The van der Waals surface area contributed by atoms with Crippen LogP contribution in [0.1, 0.15) is 35.0 Å². The number of aromatic nitrogens is 1. The molecule has 1 saturated heterocycles. The van der Waals surface area contributed by atoms with Crippen LogP contribution in [0.4, 0.5) is 0 Å². The highest BCUT2D eigenvalue weighted by atomic mass is 32.1. The lowest BCUT2D eigenvalue weighted by molar-refractivity contribution is -0.142. The molecule has 1 fully saturated rings. The Bertz CT molecular complexity index is 688. The second-order valence-electron chi connectivity index (χ2n) is 5.47. The fourth-order valence-corrected chi connectivity index (χ4v) is 3.64. The van der Waals surface area contributed by atoms with Gasteiger partial charge in [0, 0.05) is 12.0 Å². The molecule has 0 aliphatic carbocycles. The van der Waals surface area contributed by atoms with Gasteiger partial charge in [-0.05, 0) is 36.2 Å². The van der Waals surface area contributed by atoms with Crippen molar-refractivity contribution >= 4 is 23.2 Å². The van der Waals surface area contributed by atoms with E-state index < -0.39 is 17.9 Å². The van der Waals surface area contributed by atoms with Crippen molar-refractivity contribution in [3.63, 3.8) is 0 Å². The number of likely N-dealkylation sites (tertiary alicyclic amines) is 1. The number of nitrogens with zero attached hydrogens (tertiary/aromatic N) is 2. The summed E-state index contributed by atoms with van der Waals surface area (Å²) in [6.07, 6.45) is 0.0270. The Hall–Kier alpha value is -2.15. The maximum atomic E-state index is 12.4. The molecule has 116 valence electrons. The van der Waals surface area contributed by atoms with Crippen LogP contribution in [0.25, 0.3) is 0 Å². The van der Waals surface area contributed by atoms with Gasteiger partial charge in [-0.1, -0.05) is 5.16 Å². The van der Waals surface area contributed by atoms with E-state index in [0.29, 0.717) is 12.3 Å². The minimum atomic E-state index is -0.939. The minimum Gasteiger partial charge on any atom is -0.481 e. The molecule has 0 saturated carbocycles. The van der Waals surface area contributed by atoms with Crippen LogP contribution in [-0.2, 0) is 16.1 Å². The molecule has 2 aromatic rings. The van der Waals surface area contributed by atoms with E-state index in [1.807, 2.05) is 23.8 Å². The van der Waals surface area contributed by atoms with Gasteiger partial charge in [-0.3, -0.25) is 9.59 Å². The summed E-state index contributed by atoms with van der Waals surface area (Å²) in [6.45, 7) is 3.94. The third-order valence-electron chi connectivity index (χ3n) is 4.14. The van der Waals surface area contributed by atoms with Crippen LogP contribution in [0.5, 0.6) is 0 Å². The quantitative estimate of drug-likeness (QED) is 0.936. The number of aryl methyl sites for hydroxylation is 2. The minimum absolute atomic E-state index is 0.0270. The van der Waals surface area contributed by atoms with Crippen molar-refractivity contribution in [1.82, 2.24) is 10.1 Å². The molecule has 1 aliphatic rings. The Morgan fingerprint density at radius 3 is 2.86 bits per heavy atom. The molecule has 6 nitrogen and oxygen atoms in total. The molecule has 0 unspecified atom stereocenters. The SMILES string of the molecule is Cc1noc(C)c1CN1C(=O)C[C@H](C(=O)O)[C@@H]1c1ccsc1. The molecule has 1 aliphatic heterocycles. The van der Waals surface area contributed by atoms with E-state index in [2.05, 4.69) is 5.16 Å². The number of thiophene rings is 1. The molecule has 2 atom stereocenters. The smallest absolute Gasteiger partial charge is 0.309 e. The molecule has 0 radical (unpaired) electrons. The van der Waals surface area contributed by atoms with Crippen LogP contribution >= 0.6 is 11.3 Å². The first-order chi connectivity index (χ1) is 10.5. The van der Waals surface area contributed by atoms with Gasteiger partial charge < -0.3 is 14.5 Å². The van der Waals surface area contributed by atoms with E-state index in [9.17, 15) is 14.7 Å². The Morgan fingerprint density at radius 2 is 2.32 bits per heavy atom. The number of carbonyl (C=O) groups is 2. The Balaban J connectivity index is 1.97. The lowest BCUT2D eigenvalue weighted by atomic mass is 9.95. The van der Waals surface area contributed by atoms with Crippen LogP contribution in [0.15, 0.2) is 21.3 Å². The van der Waals surface area contributed by atoms with Crippen LogP contribution in [0, 0.1) is 19.8 Å². The summed E-state index contributed by atoms with van der Waals surface area (Å²) in [7, 11) is 0. The number of aliphatic carboxylic acids is 1. The van der Waals surface area contributed by atoms with Gasteiger partial charge >= 0.3 is 5.97 Å². The van der Waals surface area contributed by atoms with Gasteiger partial charge in [0.15, 0.2) is 0 Å². The van der Waals surface area contributed by atoms with Gasteiger partial charge in [-0.2, -0.15) is 11.3 Å². The third-order valence-corrected chi connectivity index (χ3v) is 4.84. The molecule has 1 amide bonds. The average Bonchev–Trinajstić information content (AvgIpc) is 3.15. The van der Waals surface area contributed by atoms with Crippen LogP contribution in [0.3, 0.4) is 0 Å². The number of carbonyl (C=O) groups excluding carboxylic acids is 1. The van der Waals surface area contributed by atoms with E-state index in [1.54, 1.807) is 11.8 Å². The first-order valence-corrected chi connectivity index (χ1v) is 7.89. The molecule has 3 heterocycles. The molecule has 0 bridgehead atoms. The third kappa shape index (κ3) is 2.41. The maximum Gasteiger partial charge on any atom is 0.309 e. The molecule has 0 spiro atoms. The van der Waals surface area contributed by atoms with E-state index in [0.717, 1.165) is 16.8 Å². The van der Waals surface area contributed by atoms with Crippen molar-refractivity contribution in [3.05, 3.63) is 39.4 Å². The Morgan fingerprint density at radius 1 is 1.55 bits per heavy atom. The molecule has 22 heavy (non-hydrogen) atoms. The van der Waals surface area contributed by atoms with E-state index in [-0.39, 0.29) is 12.3 Å². The van der Waals surface area contributed by atoms with Crippen molar-refractivity contribution in [2.75, 3.05) is 0 Å². The second kappa shape index (κ2) is 5.57. The molecular weight excluding hydrogens is 304 g/mol. The Labute approximate surface area is 131 Å². The standard InChI is InChI=1S/C15H16N2O4S/c1-8-12(9(2)21-16-8)6-17-13(18)5-11(15(19)20)14(17)10-3-4-22-7-10/h3-4,7,11,14H,5-6H2,1-2H3,(H,19,20)/t11-,14-/m0/s1. The molecule has 3 rings (SSSR count). The number of hydrogen-bond acceptors (Lipinski definition) is 5. The largest absolute Gasteiger partial charge is 0.481 e. The summed E-state index contributed by atoms with van der Waals surface area (Å²) in [5.41, 5.74) is 2.45. The van der Waals surface area contributed by atoms with Gasteiger partial charge in [0.25, 0.3) is 0 Å². The summed E-state index contributed by atoms with van der Waals surface area (Å²) in [5.74, 6) is -1.15. The normalized spacial score (nSPS) is 21.5. The van der Waals surface area contributed by atoms with Gasteiger partial charge in [-0.25, -0.2) is 0 Å². The highest BCUT2D eigenvalue weighted by Gasteiger charge is 2.45. The molecule has 1 N–H and O–H groups in total. The molecule has 0 aromatic carbocycles. The summed E-state index contributed by atoms with van der Waals surface area (Å²) in [5, 5.41) is 17.1. The number of hydrogen-bond donors (Lipinski definition) is 1. The summed E-state index contributed by atoms with van der Waals surface area (Å²) < 4.78 is 5.14. The lowest BCUT2D eigenvalue weighted by Gasteiger charge is -2.26. The summed E-state index contributed by atoms with van der Waals surface area (Å²) in [4.78, 5) is 25.5. The molecule has 2 aromatic heterocycles. The highest BCUT2D eigenvalue weighted by molar-refractivity contribution is 7.08. The van der Waals surface area contributed by atoms with Crippen molar-refractivity contribution in [2.24, 2.45) is 5.92 Å². The lowest BCUT2D eigenvalue weighted by Crippen LogP contribution is -2.30. The van der Waals surface area contributed by atoms with Gasteiger partial charge in [0.05, 0.1) is 24.2 Å². The van der Waals surface area contributed by atoms with Crippen molar-refractivity contribution in [3.8, 4) is 0 Å². The zero-order valence-corrected chi connectivity index (χ0v) is 13.1. The number of carboxylic acids is 1. The Kier molecular flexibility index (Phi) is 3.74. The topological polar surface area (TPSA) is 83.6 Å². The molecular formula is C15H16N2O4S. The van der Waals surface area contributed by atoms with E-state index in [1.165, 1.54) is 11.3 Å². The van der Waals surface area contributed by atoms with Crippen LogP contribution in [0.2, 0.25) is 0 Å². The predicted octanol–water partition coefficient (Wildman–Crippen LogP) is 2.53. The van der Waals surface area contributed by atoms with Crippen molar-refractivity contribution < 1.29 is 19.2 Å². The van der Waals surface area contributed by atoms with Crippen LogP contribution < -0.4 is 0 Å². The van der Waals surface area contributed by atoms with Gasteiger partial charge in [-0.15, -0.1) is 0 Å². The van der Waals surface area contributed by atoms with Crippen molar-refractivity contribution in [2.45, 2.75) is 32.9 Å². The first kappa shape index (κ1) is 14.8. The maximum absolute atomic E-state index is 12.4. The first-order valence-electron chi connectivity index (χ1n) is 6.95. The predicted molar refractivity (Wildman–Crippen MR) is 79.3 cm³/mol. The fourth-order valence-electron chi connectivity index (χ4n) is 2.95. The number of carboxylic acid groups (broad SMARTS) is 1.